The van der Waals surface area contributed by atoms with Crippen LogP contribution in [0.4, 0.5) is 0 Å². The Balaban J connectivity index is 1.79. The van der Waals surface area contributed by atoms with Gasteiger partial charge < -0.3 is 4.74 Å². The number of hydrazone groups is 1. The second kappa shape index (κ2) is 8.86. The van der Waals surface area contributed by atoms with Crippen LogP contribution in [-0.4, -0.2) is 31.0 Å². The molecule has 0 atom stereocenters. The van der Waals surface area contributed by atoms with Crippen LogP contribution in [0.2, 0.25) is 10.2 Å². The number of rotatable bonds is 7. The Morgan fingerprint density at radius 2 is 1.93 bits per heavy atom. The van der Waals surface area contributed by atoms with Gasteiger partial charge in [-0.05, 0) is 56.3 Å². The molecule has 3 rings (SSSR count). The van der Waals surface area contributed by atoms with E-state index in [9.17, 15) is 8.42 Å². The minimum Gasteiger partial charge on any atom is -0.494 e. The molecule has 152 valence electrons. The molecule has 0 bridgehead atoms. The fourth-order valence-electron chi connectivity index (χ4n) is 2.53. The summed E-state index contributed by atoms with van der Waals surface area (Å²) in [5, 5.41) is 9.03. The van der Waals surface area contributed by atoms with Gasteiger partial charge >= 0.3 is 0 Å². The number of aryl methyl sites for hydroxylation is 1. The first-order valence-electron chi connectivity index (χ1n) is 8.60. The SMILES string of the molecule is CCOc1ccc(S(=O)(=O)N/N=C\c2c(C)nn(-c3cccc(Cl)c3)c2Cl)cc1. The van der Waals surface area contributed by atoms with E-state index in [4.69, 9.17) is 27.9 Å². The molecule has 0 aliphatic heterocycles. The van der Waals surface area contributed by atoms with E-state index in [-0.39, 0.29) is 10.0 Å². The molecule has 0 aliphatic carbocycles. The highest BCUT2D eigenvalue weighted by Crippen LogP contribution is 2.24. The molecule has 1 aromatic heterocycles. The van der Waals surface area contributed by atoms with Gasteiger partial charge in [0.15, 0.2) is 0 Å². The van der Waals surface area contributed by atoms with Crippen LogP contribution in [0.1, 0.15) is 18.2 Å². The van der Waals surface area contributed by atoms with Gasteiger partial charge in [-0.15, -0.1) is 0 Å². The van der Waals surface area contributed by atoms with Gasteiger partial charge in [0.25, 0.3) is 10.0 Å². The number of ether oxygens (including phenoxy) is 1. The maximum absolute atomic E-state index is 12.4. The van der Waals surface area contributed by atoms with E-state index in [1.165, 1.54) is 23.0 Å². The molecule has 0 spiro atoms. The fourth-order valence-corrected chi connectivity index (χ4v) is 3.83. The largest absolute Gasteiger partial charge is 0.494 e. The average molecular weight is 453 g/mol. The van der Waals surface area contributed by atoms with Crippen molar-refractivity contribution in [2.75, 3.05) is 6.61 Å². The zero-order valence-electron chi connectivity index (χ0n) is 15.6. The third kappa shape index (κ3) is 4.90. The molecule has 10 heteroatoms. The van der Waals surface area contributed by atoms with Crippen molar-refractivity contribution >= 4 is 39.4 Å². The maximum atomic E-state index is 12.4. The third-order valence-corrected chi connectivity index (χ3v) is 5.75. The molecule has 0 unspecified atom stereocenters. The lowest BCUT2D eigenvalue weighted by Gasteiger charge is -2.06. The van der Waals surface area contributed by atoms with E-state index >= 15 is 0 Å². The Morgan fingerprint density at radius 3 is 2.59 bits per heavy atom. The summed E-state index contributed by atoms with van der Waals surface area (Å²) in [5.74, 6) is 0.589. The van der Waals surface area contributed by atoms with Gasteiger partial charge in [0, 0.05) is 5.02 Å². The third-order valence-electron chi connectivity index (χ3n) is 3.91. The van der Waals surface area contributed by atoms with Crippen LogP contribution in [-0.2, 0) is 10.0 Å². The summed E-state index contributed by atoms with van der Waals surface area (Å²) in [6, 6.07) is 13.1. The van der Waals surface area contributed by atoms with E-state index in [0.717, 1.165) is 0 Å². The average Bonchev–Trinajstić information content (AvgIpc) is 2.97. The van der Waals surface area contributed by atoms with E-state index < -0.39 is 10.0 Å². The molecular weight excluding hydrogens is 435 g/mol. The topological polar surface area (TPSA) is 85.6 Å². The highest BCUT2D eigenvalue weighted by Gasteiger charge is 2.15. The monoisotopic (exact) mass is 452 g/mol. The molecule has 7 nitrogen and oxygen atoms in total. The van der Waals surface area contributed by atoms with Crippen molar-refractivity contribution in [3.63, 3.8) is 0 Å². The summed E-state index contributed by atoms with van der Waals surface area (Å²) in [6.07, 6.45) is 1.32. The van der Waals surface area contributed by atoms with E-state index in [2.05, 4.69) is 15.0 Å². The summed E-state index contributed by atoms with van der Waals surface area (Å²) in [5.41, 5.74) is 1.75. The molecule has 0 fully saturated rings. The number of sulfonamides is 1. The lowest BCUT2D eigenvalue weighted by molar-refractivity contribution is 0.340. The van der Waals surface area contributed by atoms with Gasteiger partial charge in [0.1, 0.15) is 10.9 Å². The van der Waals surface area contributed by atoms with Gasteiger partial charge in [-0.1, -0.05) is 29.3 Å². The number of benzene rings is 2. The lowest BCUT2D eigenvalue weighted by atomic mass is 10.3. The molecular formula is C19H18Cl2N4O3S. The van der Waals surface area contributed by atoms with Gasteiger partial charge in [-0.25, -0.2) is 9.51 Å². The summed E-state index contributed by atoms with van der Waals surface area (Å²) in [7, 11) is -3.83. The first-order valence-corrected chi connectivity index (χ1v) is 10.8. The zero-order valence-corrected chi connectivity index (χ0v) is 18.0. The van der Waals surface area contributed by atoms with Crippen LogP contribution in [0.25, 0.3) is 5.69 Å². The van der Waals surface area contributed by atoms with Gasteiger partial charge in [0.2, 0.25) is 0 Å². The predicted molar refractivity (Wildman–Crippen MR) is 114 cm³/mol. The van der Waals surface area contributed by atoms with Gasteiger partial charge in [-0.2, -0.15) is 18.6 Å². The molecule has 3 aromatic rings. The number of hydrogen-bond acceptors (Lipinski definition) is 5. The van der Waals surface area contributed by atoms with Crippen LogP contribution >= 0.6 is 23.2 Å². The number of nitrogens with one attached hydrogen (secondary N) is 1. The minimum absolute atomic E-state index is 0.0653. The number of halogens is 2. The Bertz CT molecular complexity index is 1140. The highest BCUT2D eigenvalue weighted by atomic mass is 35.5. The molecule has 0 radical (unpaired) electrons. The quantitative estimate of drug-likeness (QED) is 0.429. The molecule has 0 saturated carbocycles. The molecule has 0 saturated heterocycles. The summed E-state index contributed by atoms with van der Waals surface area (Å²) >= 11 is 12.4. The first kappa shape index (κ1) is 21.2. The first-order chi connectivity index (χ1) is 13.8. The summed E-state index contributed by atoms with van der Waals surface area (Å²) in [6.45, 7) is 4.09. The molecule has 0 aliphatic rings. The molecule has 1 N–H and O–H groups in total. The molecule has 29 heavy (non-hydrogen) atoms. The number of aromatic nitrogens is 2. The van der Waals surface area contributed by atoms with Crippen LogP contribution in [0.15, 0.2) is 58.5 Å². The Labute approximate surface area is 179 Å². The van der Waals surface area contributed by atoms with Crippen LogP contribution < -0.4 is 9.57 Å². The molecule has 2 aromatic carbocycles. The predicted octanol–water partition coefficient (Wildman–Crippen LogP) is 4.20. The normalized spacial score (nSPS) is 11.7. The van der Waals surface area contributed by atoms with Crippen LogP contribution in [0.3, 0.4) is 0 Å². The number of nitrogens with zero attached hydrogens (tertiary/aromatic N) is 3. The van der Waals surface area contributed by atoms with Crippen molar-refractivity contribution in [3.8, 4) is 11.4 Å². The van der Waals surface area contributed by atoms with Crippen molar-refractivity contribution in [2.45, 2.75) is 18.7 Å². The lowest BCUT2D eigenvalue weighted by Crippen LogP contribution is -2.18. The van der Waals surface area contributed by atoms with Crippen molar-refractivity contribution in [3.05, 3.63) is 70.0 Å². The molecule has 1 heterocycles. The second-order valence-electron chi connectivity index (χ2n) is 5.94. The maximum Gasteiger partial charge on any atom is 0.276 e. The summed E-state index contributed by atoms with van der Waals surface area (Å²) in [4.78, 5) is 2.24. The van der Waals surface area contributed by atoms with Gasteiger partial charge in [0.05, 0.1) is 34.7 Å². The highest BCUT2D eigenvalue weighted by molar-refractivity contribution is 7.89. The van der Waals surface area contributed by atoms with E-state index in [1.807, 2.05) is 6.92 Å². The van der Waals surface area contributed by atoms with E-state index in [0.29, 0.717) is 34.3 Å². The summed E-state index contributed by atoms with van der Waals surface area (Å²) < 4.78 is 31.6. The Kier molecular flexibility index (Phi) is 6.46. The van der Waals surface area contributed by atoms with Crippen LogP contribution in [0.5, 0.6) is 5.75 Å². The van der Waals surface area contributed by atoms with Crippen molar-refractivity contribution in [1.82, 2.24) is 14.6 Å². The Hall–Kier alpha value is -2.55. The second-order valence-corrected chi connectivity index (χ2v) is 8.39. The smallest absolute Gasteiger partial charge is 0.276 e. The zero-order chi connectivity index (χ0) is 21.0. The van der Waals surface area contributed by atoms with Crippen molar-refractivity contribution in [2.24, 2.45) is 5.10 Å². The van der Waals surface area contributed by atoms with Crippen molar-refractivity contribution < 1.29 is 13.2 Å². The van der Waals surface area contributed by atoms with Gasteiger partial charge in [-0.3, -0.25) is 0 Å². The van der Waals surface area contributed by atoms with Crippen LogP contribution in [0, 0.1) is 6.92 Å². The number of hydrogen-bond donors (Lipinski definition) is 1. The van der Waals surface area contributed by atoms with E-state index in [1.54, 1.807) is 43.3 Å². The fraction of sp³-hybridized carbons (Fsp3) is 0.158. The standard InChI is InChI=1S/C19H18Cl2N4O3S/c1-3-28-16-7-9-17(10-8-16)29(26,27)24-22-12-18-13(2)23-25(19(18)21)15-6-4-5-14(20)11-15/h4-12,24H,3H2,1-2H3/b22-12-. The van der Waals surface area contributed by atoms with Crippen molar-refractivity contribution in [1.29, 1.82) is 0 Å². The Morgan fingerprint density at radius 1 is 1.21 bits per heavy atom. The minimum atomic E-state index is -3.83. The molecule has 0 amide bonds.